The summed E-state index contributed by atoms with van der Waals surface area (Å²) >= 11 is 0. The van der Waals surface area contributed by atoms with Crippen LogP contribution in [-0.2, 0) is 0 Å². The third-order valence-corrected chi connectivity index (χ3v) is 3.41. The van der Waals surface area contributed by atoms with E-state index < -0.39 is 0 Å². The van der Waals surface area contributed by atoms with Gasteiger partial charge in [0, 0.05) is 11.9 Å². The molecule has 0 atom stereocenters. The molecular weight excluding hydrogens is 288 g/mol. The number of nitrogens with zero attached hydrogens (tertiary/aromatic N) is 4. The standard InChI is InChI=1S/C17H14N6/c1-12-9-14(13-5-3-2-4-6-13)7-8-16(12)19-11-15(10-18)17-20-22-23-21-17/h2-9,11,19H,1H3,(H,20,21,22,23). The van der Waals surface area contributed by atoms with E-state index in [2.05, 4.69) is 44.1 Å². The van der Waals surface area contributed by atoms with Crippen molar-refractivity contribution in [1.82, 2.24) is 20.6 Å². The molecule has 6 nitrogen and oxygen atoms in total. The van der Waals surface area contributed by atoms with Crippen molar-refractivity contribution in [3.8, 4) is 17.2 Å². The SMILES string of the molecule is Cc1cc(-c2ccccc2)ccc1NC=C(C#N)c1nn[nH]n1. The Labute approximate surface area is 133 Å². The van der Waals surface area contributed by atoms with Gasteiger partial charge in [0.05, 0.1) is 0 Å². The molecule has 2 N–H and O–H groups in total. The van der Waals surface area contributed by atoms with Crippen molar-refractivity contribution in [2.45, 2.75) is 6.92 Å². The Morgan fingerprint density at radius 3 is 2.65 bits per heavy atom. The van der Waals surface area contributed by atoms with E-state index in [1.165, 1.54) is 5.56 Å². The Hall–Kier alpha value is -3.46. The van der Waals surface area contributed by atoms with Crippen LogP contribution < -0.4 is 5.32 Å². The fourth-order valence-corrected chi connectivity index (χ4v) is 2.21. The summed E-state index contributed by atoms with van der Waals surface area (Å²) in [5.74, 6) is 0.263. The first-order valence-corrected chi connectivity index (χ1v) is 7.04. The number of allylic oxidation sites excluding steroid dienone is 1. The van der Waals surface area contributed by atoms with Crippen molar-refractivity contribution in [2.75, 3.05) is 5.32 Å². The highest BCUT2D eigenvalue weighted by Gasteiger charge is 2.06. The molecule has 3 rings (SSSR count). The minimum atomic E-state index is 0.263. The summed E-state index contributed by atoms with van der Waals surface area (Å²) in [5, 5.41) is 25.7. The molecule has 23 heavy (non-hydrogen) atoms. The lowest BCUT2D eigenvalue weighted by molar-refractivity contribution is 0.881. The summed E-state index contributed by atoms with van der Waals surface area (Å²) < 4.78 is 0. The lowest BCUT2D eigenvalue weighted by Crippen LogP contribution is -1.95. The van der Waals surface area contributed by atoms with Crippen molar-refractivity contribution in [3.05, 3.63) is 66.1 Å². The van der Waals surface area contributed by atoms with Crippen LogP contribution >= 0.6 is 0 Å². The molecule has 1 heterocycles. The van der Waals surface area contributed by atoms with Crippen LogP contribution in [0.4, 0.5) is 5.69 Å². The number of benzene rings is 2. The topological polar surface area (TPSA) is 90.3 Å². The number of aryl methyl sites for hydroxylation is 1. The number of aromatic amines is 1. The summed E-state index contributed by atoms with van der Waals surface area (Å²) in [7, 11) is 0. The first-order valence-electron chi connectivity index (χ1n) is 7.04. The van der Waals surface area contributed by atoms with Gasteiger partial charge < -0.3 is 5.32 Å². The van der Waals surface area contributed by atoms with Gasteiger partial charge in [0.2, 0.25) is 5.82 Å². The number of hydrogen-bond donors (Lipinski definition) is 2. The van der Waals surface area contributed by atoms with Crippen LogP contribution in [0.15, 0.2) is 54.7 Å². The highest BCUT2D eigenvalue weighted by atomic mass is 15.5. The van der Waals surface area contributed by atoms with E-state index in [4.69, 9.17) is 5.26 Å². The summed E-state index contributed by atoms with van der Waals surface area (Å²) in [4.78, 5) is 0. The molecule has 0 aliphatic rings. The van der Waals surface area contributed by atoms with E-state index in [1.807, 2.05) is 43.3 Å². The number of nitrogens with one attached hydrogen (secondary N) is 2. The Bertz CT molecular complexity index is 860. The van der Waals surface area contributed by atoms with E-state index in [0.717, 1.165) is 16.8 Å². The molecule has 0 saturated heterocycles. The maximum absolute atomic E-state index is 9.16. The molecule has 0 fully saturated rings. The van der Waals surface area contributed by atoms with Crippen molar-refractivity contribution < 1.29 is 0 Å². The fraction of sp³-hybridized carbons (Fsp3) is 0.0588. The van der Waals surface area contributed by atoms with Gasteiger partial charge in [0.15, 0.2) is 0 Å². The average Bonchev–Trinajstić information content (AvgIpc) is 3.12. The fourth-order valence-electron chi connectivity index (χ4n) is 2.21. The van der Waals surface area contributed by atoms with E-state index in [0.29, 0.717) is 5.57 Å². The Kier molecular flexibility index (Phi) is 4.11. The Morgan fingerprint density at radius 2 is 2.00 bits per heavy atom. The minimum Gasteiger partial charge on any atom is -0.360 e. The average molecular weight is 302 g/mol. The van der Waals surface area contributed by atoms with Gasteiger partial charge in [-0.15, -0.1) is 10.2 Å². The molecular formula is C17H14N6. The molecule has 0 aliphatic heterocycles. The normalized spacial score (nSPS) is 11.0. The van der Waals surface area contributed by atoms with E-state index in [1.54, 1.807) is 6.20 Å². The second kappa shape index (κ2) is 6.54. The molecule has 0 amide bonds. The minimum absolute atomic E-state index is 0.263. The molecule has 0 aliphatic carbocycles. The van der Waals surface area contributed by atoms with Gasteiger partial charge in [-0.25, -0.2) is 0 Å². The number of tetrazole rings is 1. The van der Waals surface area contributed by atoms with Gasteiger partial charge in [-0.3, -0.25) is 0 Å². The van der Waals surface area contributed by atoms with Crippen molar-refractivity contribution >= 4 is 11.3 Å². The summed E-state index contributed by atoms with van der Waals surface area (Å²) in [6.45, 7) is 2.02. The first kappa shape index (κ1) is 14.5. The van der Waals surface area contributed by atoms with Crippen LogP contribution in [0.5, 0.6) is 0 Å². The molecule has 0 radical (unpaired) electrons. The zero-order valence-corrected chi connectivity index (χ0v) is 12.5. The van der Waals surface area contributed by atoms with Crippen LogP contribution in [-0.4, -0.2) is 20.6 Å². The van der Waals surface area contributed by atoms with Crippen LogP contribution in [0.1, 0.15) is 11.4 Å². The second-order valence-corrected chi connectivity index (χ2v) is 4.95. The quantitative estimate of drug-likeness (QED) is 0.722. The van der Waals surface area contributed by atoms with E-state index >= 15 is 0 Å². The van der Waals surface area contributed by atoms with Crippen LogP contribution in [0, 0.1) is 18.3 Å². The molecule has 0 bridgehead atoms. The number of rotatable bonds is 4. The maximum atomic E-state index is 9.16. The second-order valence-electron chi connectivity index (χ2n) is 4.95. The Balaban J connectivity index is 1.83. The predicted molar refractivity (Wildman–Crippen MR) is 88.0 cm³/mol. The van der Waals surface area contributed by atoms with Crippen molar-refractivity contribution in [3.63, 3.8) is 0 Å². The van der Waals surface area contributed by atoms with Crippen LogP contribution in [0.3, 0.4) is 0 Å². The molecule has 3 aromatic rings. The monoisotopic (exact) mass is 302 g/mol. The molecule has 0 saturated carbocycles. The van der Waals surface area contributed by atoms with Crippen molar-refractivity contribution in [1.29, 1.82) is 5.26 Å². The number of hydrogen-bond acceptors (Lipinski definition) is 5. The predicted octanol–water partition coefficient (Wildman–Crippen LogP) is 3.15. The lowest BCUT2D eigenvalue weighted by atomic mass is 10.0. The number of aromatic nitrogens is 4. The molecule has 0 spiro atoms. The number of nitriles is 1. The van der Waals surface area contributed by atoms with E-state index in [-0.39, 0.29) is 5.82 Å². The van der Waals surface area contributed by atoms with Gasteiger partial charge in [-0.05, 0) is 41.0 Å². The van der Waals surface area contributed by atoms with Gasteiger partial charge in [-0.1, -0.05) is 36.4 Å². The zero-order chi connectivity index (χ0) is 16.1. The summed E-state index contributed by atoms with van der Waals surface area (Å²) in [5.41, 5.74) is 4.62. The highest BCUT2D eigenvalue weighted by Crippen LogP contribution is 2.25. The summed E-state index contributed by atoms with van der Waals surface area (Å²) in [6.07, 6.45) is 1.58. The third-order valence-electron chi connectivity index (χ3n) is 3.41. The van der Waals surface area contributed by atoms with Gasteiger partial charge in [0.1, 0.15) is 11.6 Å². The smallest absolute Gasteiger partial charge is 0.216 e. The first-order chi connectivity index (χ1) is 11.3. The Morgan fingerprint density at radius 1 is 1.17 bits per heavy atom. The largest absolute Gasteiger partial charge is 0.360 e. The van der Waals surface area contributed by atoms with E-state index in [9.17, 15) is 0 Å². The van der Waals surface area contributed by atoms with Crippen LogP contribution in [0.2, 0.25) is 0 Å². The molecule has 2 aromatic carbocycles. The third kappa shape index (κ3) is 3.24. The van der Waals surface area contributed by atoms with Crippen LogP contribution in [0.25, 0.3) is 16.7 Å². The number of anilines is 1. The zero-order valence-electron chi connectivity index (χ0n) is 12.5. The summed E-state index contributed by atoms with van der Waals surface area (Å²) in [6, 6.07) is 18.4. The molecule has 112 valence electrons. The molecule has 6 heteroatoms. The van der Waals surface area contributed by atoms with Gasteiger partial charge >= 0.3 is 0 Å². The van der Waals surface area contributed by atoms with Gasteiger partial charge in [-0.2, -0.15) is 10.5 Å². The number of H-pyrrole nitrogens is 1. The van der Waals surface area contributed by atoms with Crippen molar-refractivity contribution in [2.24, 2.45) is 0 Å². The highest BCUT2D eigenvalue weighted by molar-refractivity contribution is 5.75. The molecule has 1 aromatic heterocycles. The van der Waals surface area contributed by atoms with Gasteiger partial charge in [0.25, 0.3) is 0 Å². The maximum Gasteiger partial charge on any atom is 0.216 e. The lowest BCUT2D eigenvalue weighted by Gasteiger charge is -2.09. The molecule has 0 unspecified atom stereocenters.